The lowest BCUT2D eigenvalue weighted by Crippen LogP contribution is -2.61. The second kappa shape index (κ2) is 4.69. The van der Waals surface area contributed by atoms with Gasteiger partial charge in [-0.05, 0) is 19.9 Å². The lowest BCUT2D eigenvalue weighted by molar-refractivity contribution is -0.142. The van der Waals surface area contributed by atoms with Crippen molar-refractivity contribution in [2.45, 2.75) is 18.4 Å². The number of carbonyl (C=O) groups is 1. The van der Waals surface area contributed by atoms with Gasteiger partial charge in [0.1, 0.15) is 0 Å². The molecular weight excluding hydrogens is 206 g/mol. The van der Waals surface area contributed by atoms with Gasteiger partial charge in [0.15, 0.2) is 0 Å². The number of ether oxygens (including phenoxy) is 1. The topological polar surface area (TPSA) is 58.8 Å². The molecule has 0 aromatic heterocycles. The SMILES string of the molecule is CN1CCN(C(=O)C2(N)CCOCC2)CC1. The van der Waals surface area contributed by atoms with Crippen molar-refractivity contribution in [1.82, 2.24) is 9.80 Å². The number of nitrogens with zero attached hydrogens (tertiary/aromatic N) is 2. The van der Waals surface area contributed by atoms with Gasteiger partial charge in [0, 0.05) is 39.4 Å². The number of amides is 1. The monoisotopic (exact) mass is 227 g/mol. The summed E-state index contributed by atoms with van der Waals surface area (Å²) in [4.78, 5) is 16.4. The molecule has 1 amide bonds. The van der Waals surface area contributed by atoms with Crippen LogP contribution in [0.15, 0.2) is 0 Å². The highest BCUT2D eigenvalue weighted by Gasteiger charge is 2.39. The molecule has 2 fully saturated rings. The quantitative estimate of drug-likeness (QED) is 0.641. The molecule has 2 saturated heterocycles. The van der Waals surface area contributed by atoms with E-state index in [0.29, 0.717) is 26.1 Å². The zero-order valence-electron chi connectivity index (χ0n) is 9.95. The predicted octanol–water partition coefficient (Wildman–Crippen LogP) is -0.732. The smallest absolute Gasteiger partial charge is 0.242 e. The standard InChI is InChI=1S/C11H21N3O2/c1-13-4-6-14(7-5-13)10(15)11(12)2-8-16-9-3-11/h2-9,12H2,1H3. The van der Waals surface area contributed by atoms with Gasteiger partial charge in [0.25, 0.3) is 0 Å². The molecule has 0 spiro atoms. The summed E-state index contributed by atoms with van der Waals surface area (Å²) in [5.41, 5.74) is 5.51. The van der Waals surface area contributed by atoms with Gasteiger partial charge in [-0.2, -0.15) is 0 Å². The predicted molar refractivity (Wildman–Crippen MR) is 61.0 cm³/mol. The summed E-state index contributed by atoms with van der Waals surface area (Å²) in [6.07, 6.45) is 1.30. The van der Waals surface area contributed by atoms with Crippen LogP contribution in [0, 0.1) is 0 Å². The molecule has 2 rings (SSSR count). The van der Waals surface area contributed by atoms with Gasteiger partial charge in [-0.3, -0.25) is 4.79 Å². The third kappa shape index (κ3) is 2.36. The highest BCUT2D eigenvalue weighted by atomic mass is 16.5. The Morgan fingerprint density at radius 1 is 1.19 bits per heavy atom. The van der Waals surface area contributed by atoms with E-state index in [0.717, 1.165) is 26.2 Å². The molecule has 0 bridgehead atoms. The number of hydrogen-bond acceptors (Lipinski definition) is 4. The van der Waals surface area contributed by atoms with Crippen LogP contribution < -0.4 is 5.73 Å². The van der Waals surface area contributed by atoms with Crippen LogP contribution in [-0.2, 0) is 9.53 Å². The third-order valence-corrected chi connectivity index (χ3v) is 3.60. The number of piperazine rings is 1. The summed E-state index contributed by atoms with van der Waals surface area (Å²) < 4.78 is 5.26. The van der Waals surface area contributed by atoms with E-state index in [1.54, 1.807) is 0 Å². The molecule has 0 saturated carbocycles. The van der Waals surface area contributed by atoms with Crippen LogP contribution >= 0.6 is 0 Å². The van der Waals surface area contributed by atoms with Crippen LogP contribution in [0.25, 0.3) is 0 Å². The Kier molecular flexibility index (Phi) is 3.47. The van der Waals surface area contributed by atoms with Gasteiger partial charge in [0.05, 0.1) is 5.54 Å². The summed E-state index contributed by atoms with van der Waals surface area (Å²) in [5.74, 6) is 0.115. The normalized spacial score (nSPS) is 26.8. The third-order valence-electron chi connectivity index (χ3n) is 3.60. The van der Waals surface area contributed by atoms with Gasteiger partial charge < -0.3 is 20.3 Å². The van der Waals surface area contributed by atoms with Gasteiger partial charge >= 0.3 is 0 Å². The summed E-state index contributed by atoms with van der Waals surface area (Å²) in [5, 5.41) is 0. The minimum Gasteiger partial charge on any atom is -0.381 e. The molecule has 0 aliphatic carbocycles. The molecule has 2 heterocycles. The van der Waals surface area contributed by atoms with E-state index in [4.69, 9.17) is 10.5 Å². The van der Waals surface area contributed by atoms with Crippen LogP contribution in [0.3, 0.4) is 0 Å². The number of carbonyl (C=O) groups excluding carboxylic acids is 1. The summed E-state index contributed by atoms with van der Waals surface area (Å²) in [6, 6.07) is 0. The molecule has 16 heavy (non-hydrogen) atoms. The molecule has 0 aromatic carbocycles. The highest BCUT2D eigenvalue weighted by molar-refractivity contribution is 5.86. The molecule has 5 nitrogen and oxygen atoms in total. The molecular formula is C11H21N3O2. The second-order valence-corrected chi connectivity index (χ2v) is 4.86. The first-order valence-electron chi connectivity index (χ1n) is 5.96. The van der Waals surface area contributed by atoms with Crippen molar-refractivity contribution >= 4 is 5.91 Å². The molecule has 2 aliphatic heterocycles. The second-order valence-electron chi connectivity index (χ2n) is 4.86. The molecule has 0 unspecified atom stereocenters. The van der Waals surface area contributed by atoms with E-state index in [9.17, 15) is 4.79 Å². The molecule has 0 aromatic rings. The maximum atomic E-state index is 12.3. The van der Waals surface area contributed by atoms with Crippen LogP contribution in [0.2, 0.25) is 0 Å². The zero-order chi connectivity index (χ0) is 11.6. The van der Waals surface area contributed by atoms with E-state index in [2.05, 4.69) is 11.9 Å². The van der Waals surface area contributed by atoms with E-state index < -0.39 is 5.54 Å². The Bertz CT molecular complexity index is 256. The van der Waals surface area contributed by atoms with Gasteiger partial charge in [-0.15, -0.1) is 0 Å². The van der Waals surface area contributed by atoms with Crippen molar-refractivity contribution in [2.75, 3.05) is 46.4 Å². The van der Waals surface area contributed by atoms with Crippen molar-refractivity contribution in [1.29, 1.82) is 0 Å². The highest BCUT2D eigenvalue weighted by Crippen LogP contribution is 2.21. The minimum atomic E-state index is -0.672. The van der Waals surface area contributed by atoms with Crippen LogP contribution in [0.4, 0.5) is 0 Å². The fraction of sp³-hybridized carbons (Fsp3) is 0.909. The van der Waals surface area contributed by atoms with E-state index in [-0.39, 0.29) is 5.91 Å². The van der Waals surface area contributed by atoms with E-state index in [1.807, 2.05) is 4.90 Å². The number of hydrogen-bond donors (Lipinski definition) is 1. The minimum absolute atomic E-state index is 0.115. The largest absolute Gasteiger partial charge is 0.381 e. The Morgan fingerprint density at radius 3 is 2.31 bits per heavy atom. The summed E-state index contributed by atoms with van der Waals surface area (Å²) in [7, 11) is 2.08. The van der Waals surface area contributed by atoms with Crippen molar-refractivity contribution in [3.63, 3.8) is 0 Å². The maximum Gasteiger partial charge on any atom is 0.242 e. The molecule has 92 valence electrons. The number of likely N-dealkylation sites (N-methyl/N-ethyl adjacent to an activating group) is 1. The Balaban J connectivity index is 1.95. The molecule has 2 N–H and O–H groups in total. The Hall–Kier alpha value is -0.650. The van der Waals surface area contributed by atoms with Gasteiger partial charge in [-0.1, -0.05) is 0 Å². The lowest BCUT2D eigenvalue weighted by Gasteiger charge is -2.40. The maximum absolute atomic E-state index is 12.3. The van der Waals surface area contributed by atoms with Crippen LogP contribution in [0.5, 0.6) is 0 Å². The first-order valence-corrected chi connectivity index (χ1v) is 5.96. The Labute approximate surface area is 96.5 Å². The molecule has 2 aliphatic rings. The van der Waals surface area contributed by atoms with Gasteiger partial charge in [0.2, 0.25) is 5.91 Å². The fourth-order valence-corrected chi connectivity index (χ4v) is 2.27. The van der Waals surface area contributed by atoms with E-state index in [1.165, 1.54) is 0 Å². The lowest BCUT2D eigenvalue weighted by atomic mass is 9.89. The van der Waals surface area contributed by atoms with Crippen molar-refractivity contribution in [3.05, 3.63) is 0 Å². The average Bonchev–Trinajstić information content (AvgIpc) is 2.30. The molecule has 0 radical (unpaired) electrons. The summed E-state index contributed by atoms with van der Waals surface area (Å²) >= 11 is 0. The van der Waals surface area contributed by atoms with Gasteiger partial charge in [-0.25, -0.2) is 0 Å². The number of nitrogens with two attached hydrogens (primary N) is 1. The first-order chi connectivity index (χ1) is 7.62. The van der Waals surface area contributed by atoms with Crippen molar-refractivity contribution in [2.24, 2.45) is 5.73 Å². The first kappa shape index (κ1) is 11.8. The van der Waals surface area contributed by atoms with Crippen LogP contribution in [-0.4, -0.2) is 67.7 Å². The van der Waals surface area contributed by atoms with Crippen LogP contribution in [0.1, 0.15) is 12.8 Å². The fourth-order valence-electron chi connectivity index (χ4n) is 2.27. The molecule has 5 heteroatoms. The summed E-state index contributed by atoms with van der Waals surface area (Å²) in [6.45, 7) is 4.70. The van der Waals surface area contributed by atoms with Crippen molar-refractivity contribution in [3.8, 4) is 0 Å². The van der Waals surface area contributed by atoms with Crippen molar-refractivity contribution < 1.29 is 9.53 Å². The number of rotatable bonds is 1. The van der Waals surface area contributed by atoms with E-state index >= 15 is 0 Å². The molecule has 0 atom stereocenters. The Morgan fingerprint density at radius 2 is 1.75 bits per heavy atom. The average molecular weight is 227 g/mol. The zero-order valence-corrected chi connectivity index (χ0v) is 9.95.